The van der Waals surface area contributed by atoms with E-state index < -0.39 is 0 Å². The molecule has 8 heteroatoms. The van der Waals surface area contributed by atoms with Crippen LogP contribution in [0.25, 0.3) is 0 Å². The zero-order valence-electron chi connectivity index (χ0n) is 17.0. The van der Waals surface area contributed by atoms with Gasteiger partial charge in [0.25, 0.3) is 11.8 Å². The van der Waals surface area contributed by atoms with Crippen molar-refractivity contribution < 1.29 is 14.3 Å². The lowest BCUT2D eigenvalue weighted by atomic mass is 10.1. The number of ether oxygens (including phenoxy) is 1. The number of hydrogen-bond donors (Lipinski definition) is 2. The van der Waals surface area contributed by atoms with Gasteiger partial charge in [-0.2, -0.15) is 0 Å². The lowest BCUT2D eigenvalue weighted by Crippen LogP contribution is -2.21. The van der Waals surface area contributed by atoms with Gasteiger partial charge in [0.15, 0.2) is 11.6 Å². The van der Waals surface area contributed by atoms with Crippen LogP contribution < -0.4 is 15.4 Å². The number of amides is 2. The first-order valence-electron chi connectivity index (χ1n) is 9.88. The Morgan fingerprint density at radius 1 is 0.875 bits per heavy atom. The van der Waals surface area contributed by atoms with Crippen LogP contribution in [0.2, 0.25) is 0 Å². The molecule has 0 aliphatic carbocycles. The highest BCUT2D eigenvalue weighted by Gasteiger charge is 2.12. The largest absolute Gasteiger partial charge is 0.485 e. The van der Waals surface area contributed by atoms with E-state index >= 15 is 0 Å². The van der Waals surface area contributed by atoms with Gasteiger partial charge in [-0.1, -0.05) is 18.2 Å². The quantitative estimate of drug-likeness (QED) is 0.423. The van der Waals surface area contributed by atoms with Gasteiger partial charge in [0, 0.05) is 30.7 Å². The maximum Gasteiger partial charge on any atom is 0.261 e. The van der Waals surface area contributed by atoms with Gasteiger partial charge in [-0.15, -0.1) is 11.3 Å². The highest BCUT2D eigenvalue weighted by molar-refractivity contribution is 7.12. The zero-order chi connectivity index (χ0) is 22.2. The number of rotatable bonds is 8. The highest BCUT2D eigenvalue weighted by atomic mass is 32.1. The summed E-state index contributed by atoms with van der Waals surface area (Å²) in [6, 6.07) is 17.9. The third-order valence-electron chi connectivity index (χ3n) is 4.56. The van der Waals surface area contributed by atoms with Gasteiger partial charge in [0.05, 0.1) is 4.88 Å². The van der Waals surface area contributed by atoms with Crippen molar-refractivity contribution in [2.45, 2.75) is 13.2 Å². The summed E-state index contributed by atoms with van der Waals surface area (Å²) < 4.78 is 5.82. The number of pyridine rings is 2. The van der Waals surface area contributed by atoms with Gasteiger partial charge >= 0.3 is 0 Å². The summed E-state index contributed by atoms with van der Waals surface area (Å²) >= 11 is 1.39. The summed E-state index contributed by atoms with van der Waals surface area (Å²) in [5.74, 6) is 0.410. The van der Waals surface area contributed by atoms with Crippen LogP contribution in [0.15, 0.2) is 84.6 Å². The first-order chi connectivity index (χ1) is 15.7. The van der Waals surface area contributed by atoms with Gasteiger partial charge in [0.1, 0.15) is 6.61 Å². The second kappa shape index (κ2) is 10.3. The molecule has 0 atom stereocenters. The highest BCUT2D eigenvalue weighted by Crippen LogP contribution is 2.23. The molecule has 3 aromatic heterocycles. The van der Waals surface area contributed by atoms with Gasteiger partial charge in [-0.3, -0.25) is 14.6 Å². The third kappa shape index (κ3) is 5.55. The molecular formula is C24H20N4O3S. The average molecular weight is 445 g/mol. The smallest absolute Gasteiger partial charge is 0.261 e. The molecule has 0 spiro atoms. The number of nitrogens with one attached hydrogen (secondary N) is 2. The number of thiophene rings is 1. The van der Waals surface area contributed by atoms with E-state index in [0.717, 1.165) is 11.1 Å². The minimum absolute atomic E-state index is 0.115. The van der Waals surface area contributed by atoms with Crippen LogP contribution in [0, 0.1) is 0 Å². The van der Waals surface area contributed by atoms with Crippen LogP contribution in [0.5, 0.6) is 5.75 Å². The molecule has 4 rings (SSSR count). The molecule has 0 saturated carbocycles. The predicted molar refractivity (Wildman–Crippen MR) is 123 cm³/mol. The summed E-state index contributed by atoms with van der Waals surface area (Å²) in [5, 5.41) is 7.52. The van der Waals surface area contributed by atoms with E-state index in [1.54, 1.807) is 48.9 Å². The Balaban J connectivity index is 1.35. The van der Waals surface area contributed by atoms with Crippen LogP contribution in [0.1, 0.15) is 31.2 Å². The second-order valence-corrected chi connectivity index (χ2v) is 7.75. The summed E-state index contributed by atoms with van der Waals surface area (Å²) in [6.45, 7) is 0.717. The lowest BCUT2D eigenvalue weighted by Gasteiger charge is -2.12. The van der Waals surface area contributed by atoms with E-state index in [9.17, 15) is 9.59 Å². The monoisotopic (exact) mass is 444 g/mol. The van der Waals surface area contributed by atoms with E-state index in [2.05, 4.69) is 20.6 Å². The Morgan fingerprint density at radius 2 is 1.69 bits per heavy atom. The van der Waals surface area contributed by atoms with Crippen LogP contribution in [0.3, 0.4) is 0 Å². The number of benzene rings is 1. The van der Waals surface area contributed by atoms with Crippen LogP contribution >= 0.6 is 11.3 Å². The molecule has 7 nitrogen and oxygen atoms in total. The van der Waals surface area contributed by atoms with Crippen LogP contribution in [-0.4, -0.2) is 21.8 Å². The van der Waals surface area contributed by atoms with Gasteiger partial charge in [-0.25, -0.2) is 4.98 Å². The summed E-state index contributed by atoms with van der Waals surface area (Å²) in [4.78, 5) is 33.6. The predicted octanol–water partition coefficient (Wildman–Crippen LogP) is 4.30. The van der Waals surface area contributed by atoms with Crippen molar-refractivity contribution in [1.82, 2.24) is 15.3 Å². The molecule has 0 saturated heterocycles. The molecule has 0 bridgehead atoms. The van der Waals surface area contributed by atoms with Crippen LogP contribution in [-0.2, 0) is 13.2 Å². The Labute approximate surface area is 189 Å². The number of carbonyl (C=O) groups is 2. The first-order valence-corrected chi connectivity index (χ1v) is 10.8. The molecule has 2 N–H and O–H groups in total. The fourth-order valence-electron chi connectivity index (χ4n) is 2.87. The Bertz CT molecular complexity index is 1180. The Hall–Kier alpha value is -4.04. The minimum Gasteiger partial charge on any atom is -0.485 e. The van der Waals surface area contributed by atoms with Crippen molar-refractivity contribution in [3.63, 3.8) is 0 Å². The Morgan fingerprint density at radius 3 is 2.44 bits per heavy atom. The van der Waals surface area contributed by atoms with Crippen molar-refractivity contribution in [3.05, 3.63) is 106 Å². The molecular weight excluding hydrogens is 424 g/mol. The van der Waals surface area contributed by atoms with Crippen molar-refractivity contribution >= 4 is 29.0 Å². The maximum atomic E-state index is 12.7. The molecule has 32 heavy (non-hydrogen) atoms. The normalized spacial score (nSPS) is 10.4. The molecule has 0 aliphatic heterocycles. The molecule has 0 unspecified atom stereocenters. The molecule has 2 amide bonds. The Kier molecular flexibility index (Phi) is 6.84. The standard InChI is InChI=1S/C24H20N4O3S/c29-23(19-7-5-17(6-8-19)15-27-24(30)21-4-2-14-32-21)28-22-20(3-1-11-26-22)31-16-18-9-12-25-13-10-18/h1-14H,15-16H2,(H,27,30)(H,26,28,29). The van der Waals surface area contributed by atoms with Gasteiger partial charge in [-0.05, 0) is 59.0 Å². The van der Waals surface area contributed by atoms with Crippen molar-refractivity contribution in [3.8, 4) is 5.75 Å². The van der Waals surface area contributed by atoms with E-state index in [-0.39, 0.29) is 11.8 Å². The van der Waals surface area contributed by atoms with E-state index in [1.165, 1.54) is 11.3 Å². The molecule has 0 fully saturated rings. The molecule has 4 aromatic rings. The maximum absolute atomic E-state index is 12.7. The zero-order valence-corrected chi connectivity index (χ0v) is 17.8. The van der Waals surface area contributed by atoms with Gasteiger partial charge < -0.3 is 15.4 Å². The van der Waals surface area contributed by atoms with E-state index in [0.29, 0.717) is 35.2 Å². The summed E-state index contributed by atoms with van der Waals surface area (Å²) in [5.41, 5.74) is 2.33. The van der Waals surface area contributed by atoms with Crippen molar-refractivity contribution in [2.24, 2.45) is 0 Å². The lowest BCUT2D eigenvalue weighted by molar-refractivity contribution is 0.0953. The molecule has 160 valence electrons. The second-order valence-electron chi connectivity index (χ2n) is 6.81. The summed E-state index contributed by atoms with van der Waals surface area (Å²) in [6.07, 6.45) is 4.98. The van der Waals surface area contributed by atoms with Crippen molar-refractivity contribution in [1.29, 1.82) is 0 Å². The number of anilines is 1. The molecule has 0 radical (unpaired) electrons. The summed E-state index contributed by atoms with van der Waals surface area (Å²) in [7, 11) is 0. The van der Waals surface area contributed by atoms with E-state index in [4.69, 9.17) is 4.74 Å². The molecule has 3 heterocycles. The van der Waals surface area contributed by atoms with Crippen LogP contribution in [0.4, 0.5) is 5.82 Å². The minimum atomic E-state index is -0.299. The third-order valence-corrected chi connectivity index (χ3v) is 5.43. The fraction of sp³-hybridized carbons (Fsp3) is 0.0833. The number of carbonyl (C=O) groups excluding carboxylic acids is 2. The fourth-order valence-corrected chi connectivity index (χ4v) is 3.51. The number of aromatic nitrogens is 2. The number of hydrogen-bond acceptors (Lipinski definition) is 6. The molecule has 0 aliphatic rings. The number of nitrogens with zero attached hydrogens (tertiary/aromatic N) is 2. The topological polar surface area (TPSA) is 93.2 Å². The van der Waals surface area contributed by atoms with Gasteiger partial charge in [0.2, 0.25) is 0 Å². The van der Waals surface area contributed by atoms with Crippen molar-refractivity contribution in [2.75, 3.05) is 5.32 Å². The first kappa shape index (κ1) is 21.2. The average Bonchev–Trinajstić information content (AvgIpc) is 3.38. The molecule has 1 aromatic carbocycles. The SMILES string of the molecule is O=C(Nc1ncccc1OCc1ccncc1)c1ccc(CNC(=O)c2cccs2)cc1. The van der Waals surface area contributed by atoms with E-state index in [1.807, 2.05) is 35.7 Å².